The third kappa shape index (κ3) is 3.93. The molecule has 7 heteroatoms. The third-order valence-electron chi connectivity index (χ3n) is 4.09. The number of hydrogen-bond acceptors (Lipinski definition) is 3. The molecule has 0 bridgehead atoms. The largest absolute Gasteiger partial charge is 0.337 e. The second-order valence-corrected chi connectivity index (χ2v) is 5.89. The van der Waals surface area contributed by atoms with Gasteiger partial charge < -0.3 is 10.2 Å². The summed E-state index contributed by atoms with van der Waals surface area (Å²) in [7, 11) is 0. The molecule has 1 saturated heterocycles. The summed E-state index contributed by atoms with van der Waals surface area (Å²) in [5.41, 5.74) is 0.200. The maximum absolute atomic E-state index is 12.9. The molecule has 1 aromatic carbocycles. The van der Waals surface area contributed by atoms with Crippen LogP contribution in [0.1, 0.15) is 23.3 Å². The Balaban J connectivity index is 1.79. The van der Waals surface area contributed by atoms with Gasteiger partial charge in [0.2, 0.25) is 5.91 Å². The van der Waals surface area contributed by atoms with E-state index >= 15 is 0 Å². The number of likely N-dealkylation sites (tertiary alicyclic amines) is 1. The first-order valence-corrected chi connectivity index (χ1v) is 8.09. The van der Waals surface area contributed by atoms with E-state index in [2.05, 4.69) is 5.32 Å². The molecule has 1 aliphatic heterocycles. The monoisotopic (exact) mass is 343 g/mol. The van der Waals surface area contributed by atoms with Crippen LogP contribution in [-0.4, -0.2) is 34.4 Å². The molecule has 0 saturated carbocycles. The van der Waals surface area contributed by atoms with Gasteiger partial charge in [0.25, 0.3) is 11.5 Å². The number of halogens is 1. The smallest absolute Gasteiger partial charge is 0.270 e. The maximum atomic E-state index is 12.9. The number of amides is 2. The zero-order valence-electron chi connectivity index (χ0n) is 13.6. The molecule has 3 rings (SSSR count). The highest BCUT2D eigenvalue weighted by atomic mass is 19.1. The summed E-state index contributed by atoms with van der Waals surface area (Å²) in [6.07, 6.45) is 1.88. The van der Waals surface area contributed by atoms with E-state index in [1.165, 1.54) is 41.0 Å². The van der Waals surface area contributed by atoms with Crippen LogP contribution in [0.15, 0.2) is 47.3 Å². The predicted octanol–water partition coefficient (Wildman–Crippen LogP) is 1.86. The molecule has 25 heavy (non-hydrogen) atoms. The molecule has 2 heterocycles. The van der Waals surface area contributed by atoms with Crippen LogP contribution >= 0.6 is 0 Å². The van der Waals surface area contributed by atoms with E-state index in [0.29, 0.717) is 18.8 Å². The van der Waals surface area contributed by atoms with Gasteiger partial charge in [-0.15, -0.1) is 0 Å². The molecule has 1 aromatic heterocycles. The summed E-state index contributed by atoms with van der Waals surface area (Å²) in [5.74, 6) is -1.11. The number of anilines is 1. The lowest BCUT2D eigenvalue weighted by molar-refractivity contribution is -0.116. The summed E-state index contributed by atoms with van der Waals surface area (Å²) in [5, 5.41) is 2.59. The minimum absolute atomic E-state index is 0.198. The Bertz CT molecular complexity index is 839. The molecule has 0 atom stereocenters. The quantitative estimate of drug-likeness (QED) is 0.921. The molecular weight excluding hydrogens is 325 g/mol. The van der Waals surface area contributed by atoms with Crippen LogP contribution in [0.2, 0.25) is 0 Å². The predicted molar refractivity (Wildman–Crippen MR) is 90.9 cm³/mol. The Labute approximate surface area is 143 Å². The number of pyridine rings is 1. The second-order valence-electron chi connectivity index (χ2n) is 5.89. The number of carbonyl (C=O) groups is 2. The fourth-order valence-corrected chi connectivity index (χ4v) is 2.83. The Kier molecular flexibility index (Phi) is 4.92. The molecule has 1 aliphatic rings. The Morgan fingerprint density at radius 1 is 1.04 bits per heavy atom. The van der Waals surface area contributed by atoms with Crippen LogP contribution in [0.5, 0.6) is 0 Å². The maximum Gasteiger partial charge on any atom is 0.270 e. The molecule has 6 nitrogen and oxygen atoms in total. The van der Waals surface area contributed by atoms with Gasteiger partial charge in [-0.1, -0.05) is 6.07 Å². The number of rotatable bonds is 4. The van der Waals surface area contributed by atoms with Gasteiger partial charge in [0.1, 0.15) is 18.1 Å². The van der Waals surface area contributed by atoms with Gasteiger partial charge in [-0.3, -0.25) is 19.0 Å². The molecule has 2 aromatic rings. The van der Waals surface area contributed by atoms with E-state index in [9.17, 15) is 18.8 Å². The topological polar surface area (TPSA) is 71.4 Å². The molecule has 1 fully saturated rings. The van der Waals surface area contributed by atoms with Crippen molar-refractivity contribution in [2.24, 2.45) is 0 Å². The highest BCUT2D eigenvalue weighted by Crippen LogP contribution is 2.13. The lowest BCUT2D eigenvalue weighted by Crippen LogP contribution is -2.36. The minimum atomic E-state index is -0.463. The average molecular weight is 343 g/mol. The van der Waals surface area contributed by atoms with Gasteiger partial charge in [-0.25, -0.2) is 4.39 Å². The Morgan fingerprint density at radius 3 is 2.40 bits per heavy atom. The zero-order valence-corrected chi connectivity index (χ0v) is 13.6. The van der Waals surface area contributed by atoms with Crippen molar-refractivity contribution < 1.29 is 14.0 Å². The lowest BCUT2D eigenvalue weighted by Gasteiger charge is -2.18. The van der Waals surface area contributed by atoms with Gasteiger partial charge in [-0.05, 0) is 43.2 Å². The van der Waals surface area contributed by atoms with Crippen molar-refractivity contribution in [1.82, 2.24) is 9.47 Å². The van der Waals surface area contributed by atoms with Crippen LogP contribution in [0.25, 0.3) is 0 Å². The van der Waals surface area contributed by atoms with E-state index in [0.717, 1.165) is 12.8 Å². The zero-order chi connectivity index (χ0) is 17.8. The number of benzene rings is 1. The van der Waals surface area contributed by atoms with E-state index in [1.807, 2.05) is 0 Å². The van der Waals surface area contributed by atoms with E-state index in [1.54, 1.807) is 11.0 Å². The standard InChI is InChI=1S/C18H18FN3O3/c19-13-6-8-14(9-7-13)20-16(23)12-22-15(4-3-5-17(22)24)18(25)21-10-1-2-11-21/h3-9H,1-2,10-12H2,(H,20,23). The third-order valence-corrected chi connectivity index (χ3v) is 4.09. The number of hydrogen-bond donors (Lipinski definition) is 1. The molecule has 1 N–H and O–H groups in total. The van der Waals surface area contributed by atoms with Crippen molar-refractivity contribution in [2.45, 2.75) is 19.4 Å². The second kappa shape index (κ2) is 7.29. The molecule has 0 unspecified atom stereocenters. The number of nitrogens with zero attached hydrogens (tertiary/aromatic N) is 2. The van der Waals surface area contributed by atoms with Gasteiger partial charge in [0.15, 0.2) is 0 Å². The molecular formula is C18H18FN3O3. The first kappa shape index (κ1) is 16.9. The summed E-state index contributed by atoms with van der Waals surface area (Å²) in [4.78, 5) is 38.7. The van der Waals surface area contributed by atoms with Gasteiger partial charge in [-0.2, -0.15) is 0 Å². The Hall–Kier alpha value is -2.96. The molecule has 0 spiro atoms. The van der Waals surface area contributed by atoms with E-state index in [-0.39, 0.29) is 18.1 Å². The van der Waals surface area contributed by atoms with Crippen LogP contribution in [0.4, 0.5) is 10.1 Å². The molecule has 2 amide bonds. The summed E-state index contributed by atoms with van der Waals surface area (Å²) >= 11 is 0. The molecule has 0 radical (unpaired) electrons. The SMILES string of the molecule is O=C(Cn1c(C(=O)N2CCCC2)cccc1=O)Nc1ccc(F)cc1. The number of nitrogens with one attached hydrogen (secondary N) is 1. The minimum Gasteiger partial charge on any atom is -0.337 e. The summed E-state index contributed by atoms with van der Waals surface area (Å²) in [6.45, 7) is 1.03. The van der Waals surface area contributed by atoms with E-state index in [4.69, 9.17) is 0 Å². The van der Waals surface area contributed by atoms with Crippen molar-refractivity contribution in [1.29, 1.82) is 0 Å². The molecule has 0 aliphatic carbocycles. The number of carbonyl (C=O) groups excluding carboxylic acids is 2. The van der Waals surface area contributed by atoms with Gasteiger partial charge in [0.05, 0.1) is 0 Å². The van der Waals surface area contributed by atoms with Gasteiger partial charge >= 0.3 is 0 Å². The van der Waals surface area contributed by atoms with Gasteiger partial charge in [0, 0.05) is 24.8 Å². The Morgan fingerprint density at radius 2 is 1.72 bits per heavy atom. The van der Waals surface area contributed by atoms with Crippen LogP contribution in [-0.2, 0) is 11.3 Å². The fraction of sp³-hybridized carbons (Fsp3) is 0.278. The number of aromatic nitrogens is 1. The van der Waals surface area contributed by atoms with Crippen molar-refractivity contribution in [3.63, 3.8) is 0 Å². The highest BCUT2D eigenvalue weighted by molar-refractivity contribution is 5.94. The normalized spacial score (nSPS) is 13.7. The fourth-order valence-electron chi connectivity index (χ4n) is 2.83. The highest BCUT2D eigenvalue weighted by Gasteiger charge is 2.23. The van der Waals surface area contributed by atoms with Crippen LogP contribution in [0.3, 0.4) is 0 Å². The summed E-state index contributed by atoms with van der Waals surface area (Å²) in [6, 6.07) is 9.69. The first-order valence-electron chi connectivity index (χ1n) is 8.09. The first-order chi connectivity index (χ1) is 12.0. The summed E-state index contributed by atoms with van der Waals surface area (Å²) < 4.78 is 14.1. The van der Waals surface area contributed by atoms with Crippen LogP contribution < -0.4 is 10.9 Å². The van der Waals surface area contributed by atoms with Crippen molar-refractivity contribution in [3.8, 4) is 0 Å². The van der Waals surface area contributed by atoms with Crippen molar-refractivity contribution in [3.05, 3.63) is 64.3 Å². The lowest BCUT2D eigenvalue weighted by atomic mass is 10.3. The average Bonchev–Trinajstić information content (AvgIpc) is 3.13. The van der Waals surface area contributed by atoms with E-state index < -0.39 is 17.3 Å². The van der Waals surface area contributed by atoms with Crippen molar-refractivity contribution >= 4 is 17.5 Å². The molecule has 130 valence electrons. The van der Waals surface area contributed by atoms with Crippen LogP contribution in [0, 0.1) is 5.82 Å². The van der Waals surface area contributed by atoms with Crippen molar-refractivity contribution in [2.75, 3.05) is 18.4 Å².